The van der Waals surface area contributed by atoms with Gasteiger partial charge in [-0.1, -0.05) is 34.8 Å². The van der Waals surface area contributed by atoms with Crippen molar-refractivity contribution in [2.24, 2.45) is 0 Å². The molecular formula is C14H8Cl3N3O. The van der Waals surface area contributed by atoms with E-state index in [9.17, 15) is 4.79 Å². The molecule has 0 saturated carbocycles. The molecule has 2 aromatic rings. The van der Waals surface area contributed by atoms with Crippen molar-refractivity contribution in [3.05, 3.63) is 62.6 Å². The standard InChI is InChI=1S/C14H8Cl3N3O/c15-10-5-11(16)13(12(17)6-10)19-20-14(21)9-3-1-8(7-18)2-4-9/h1-6,19H,(H,20,21). The molecule has 0 bridgehead atoms. The zero-order valence-electron chi connectivity index (χ0n) is 10.5. The summed E-state index contributed by atoms with van der Waals surface area (Å²) in [5.74, 6) is -0.387. The van der Waals surface area contributed by atoms with Crippen LogP contribution >= 0.6 is 34.8 Å². The van der Waals surface area contributed by atoms with Crippen LogP contribution < -0.4 is 10.9 Å². The van der Waals surface area contributed by atoms with Gasteiger partial charge in [0, 0.05) is 10.6 Å². The van der Waals surface area contributed by atoms with Gasteiger partial charge in [0.1, 0.15) is 0 Å². The minimum absolute atomic E-state index is 0.285. The summed E-state index contributed by atoms with van der Waals surface area (Å²) in [7, 11) is 0. The summed E-state index contributed by atoms with van der Waals surface area (Å²) in [6, 6.07) is 11.2. The number of rotatable bonds is 3. The summed E-state index contributed by atoms with van der Waals surface area (Å²) >= 11 is 17.8. The highest BCUT2D eigenvalue weighted by atomic mass is 35.5. The number of anilines is 1. The summed E-state index contributed by atoms with van der Waals surface area (Å²) in [4.78, 5) is 11.9. The molecule has 7 heteroatoms. The van der Waals surface area contributed by atoms with Gasteiger partial charge in [-0.15, -0.1) is 0 Å². The fourth-order valence-electron chi connectivity index (χ4n) is 1.55. The molecule has 0 spiro atoms. The molecule has 0 aromatic heterocycles. The Hall–Kier alpha value is -1.93. The van der Waals surface area contributed by atoms with Crippen LogP contribution in [-0.2, 0) is 0 Å². The molecule has 0 fully saturated rings. The predicted molar refractivity (Wildman–Crippen MR) is 83.7 cm³/mol. The van der Waals surface area contributed by atoms with E-state index >= 15 is 0 Å². The monoisotopic (exact) mass is 339 g/mol. The van der Waals surface area contributed by atoms with E-state index in [4.69, 9.17) is 40.1 Å². The number of amides is 1. The van der Waals surface area contributed by atoms with Crippen molar-refractivity contribution >= 4 is 46.4 Å². The normalized spacial score (nSPS) is 9.81. The Morgan fingerprint density at radius 2 is 1.62 bits per heavy atom. The van der Waals surface area contributed by atoms with Crippen LogP contribution in [0, 0.1) is 11.3 Å². The number of halogens is 3. The maximum Gasteiger partial charge on any atom is 0.269 e. The van der Waals surface area contributed by atoms with Crippen LogP contribution in [-0.4, -0.2) is 5.91 Å². The second-order valence-electron chi connectivity index (χ2n) is 4.01. The molecular weight excluding hydrogens is 333 g/mol. The molecule has 0 aliphatic heterocycles. The SMILES string of the molecule is N#Cc1ccc(C(=O)NNc2c(Cl)cc(Cl)cc2Cl)cc1. The van der Waals surface area contributed by atoms with Gasteiger partial charge >= 0.3 is 0 Å². The summed E-state index contributed by atoms with van der Waals surface area (Å²) in [6.07, 6.45) is 0. The van der Waals surface area contributed by atoms with E-state index in [1.807, 2.05) is 6.07 Å². The molecule has 2 aromatic carbocycles. The molecule has 1 amide bonds. The number of hydrogen-bond acceptors (Lipinski definition) is 3. The number of hydrogen-bond donors (Lipinski definition) is 2. The lowest BCUT2D eigenvalue weighted by Crippen LogP contribution is -2.29. The van der Waals surface area contributed by atoms with Gasteiger partial charge in [-0.3, -0.25) is 15.6 Å². The molecule has 0 saturated heterocycles. The quantitative estimate of drug-likeness (QED) is 0.820. The average Bonchev–Trinajstić information content (AvgIpc) is 2.46. The second-order valence-corrected chi connectivity index (χ2v) is 5.26. The van der Waals surface area contributed by atoms with Crippen molar-refractivity contribution in [2.75, 3.05) is 5.43 Å². The van der Waals surface area contributed by atoms with Gasteiger partial charge in [-0.2, -0.15) is 5.26 Å². The third kappa shape index (κ3) is 3.79. The Morgan fingerprint density at radius 3 is 2.14 bits per heavy atom. The lowest BCUT2D eigenvalue weighted by molar-refractivity contribution is 0.0962. The molecule has 0 radical (unpaired) electrons. The zero-order chi connectivity index (χ0) is 15.4. The van der Waals surface area contributed by atoms with Gasteiger partial charge in [-0.25, -0.2) is 0 Å². The molecule has 106 valence electrons. The largest absolute Gasteiger partial charge is 0.295 e. The third-order valence-corrected chi connectivity index (χ3v) is 3.40. The van der Waals surface area contributed by atoms with Gasteiger partial charge in [0.2, 0.25) is 0 Å². The average molecular weight is 341 g/mol. The topological polar surface area (TPSA) is 64.9 Å². The third-order valence-electron chi connectivity index (χ3n) is 2.58. The lowest BCUT2D eigenvalue weighted by atomic mass is 10.1. The fraction of sp³-hybridized carbons (Fsp3) is 0. The Bertz CT molecular complexity index is 700. The highest BCUT2D eigenvalue weighted by Crippen LogP contribution is 2.33. The minimum atomic E-state index is -0.387. The van der Waals surface area contributed by atoms with Crippen LogP contribution in [0.25, 0.3) is 0 Å². The van der Waals surface area contributed by atoms with Crippen LogP contribution in [0.15, 0.2) is 36.4 Å². The first-order valence-corrected chi connectivity index (χ1v) is 6.85. The van der Waals surface area contributed by atoms with Crippen molar-refractivity contribution < 1.29 is 4.79 Å². The van der Waals surface area contributed by atoms with Crippen LogP contribution in [0.2, 0.25) is 15.1 Å². The molecule has 0 unspecified atom stereocenters. The molecule has 2 rings (SSSR count). The molecule has 0 aliphatic carbocycles. The zero-order valence-corrected chi connectivity index (χ0v) is 12.7. The number of hydrazine groups is 1. The summed E-state index contributed by atoms with van der Waals surface area (Å²) < 4.78 is 0. The van der Waals surface area contributed by atoms with Crippen molar-refractivity contribution in [3.63, 3.8) is 0 Å². The van der Waals surface area contributed by atoms with E-state index in [0.29, 0.717) is 21.8 Å². The van der Waals surface area contributed by atoms with Crippen molar-refractivity contribution in [1.82, 2.24) is 5.43 Å². The lowest BCUT2D eigenvalue weighted by Gasteiger charge is -2.12. The van der Waals surface area contributed by atoms with Crippen molar-refractivity contribution in [2.45, 2.75) is 0 Å². The fourth-order valence-corrected chi connectivity index (χ4v) is 2.46. The Kier molecular flexibility index (Phi) is 4.92. The molecule has 2 N–H and O–H groups in total. The smallest absolute Gasteiger partial charge is 0.269 e. The van der Waals surface area contributed by atoms with Gasteiger partial charge in [0.25, 0.3) is 5.91 Å². The number of carbonyl (C=O) groups excluding carboxylic acids is 1. The first-order valence-electron chi connectivity index (χ1n) is 5.72. The Labute approximate surface area is 136 Å². The summed E-state index contributed by atoms with van der Waals surface area (Å²) in [6.45, 7) is 0. The maximum atomic E-state index is 11.9. The highest BCUT2D eigenvalue weighted by molar-refractivity contribution is 6.41. The molecule has 0 atom stereocenters. The first-order chi connectivity index (χ1) is 10.0. The highest BCUT2D eigenvalue weighted by Gasteiger charge is 2.10. The van der Waals surface area contributed by atoms with Crippen LogP contribution in [0.1, 0.15) is 15.9 Å². The van der Waals surface area contributed by atoms with E-state index in [-0.39, 0.29) is 16.0 Å². The van der Waals surface area contributed by atoms with Crippen molar-refractivity contribution in [1.29, 1.82) is 5.26 Å². The van der Waals surface area contributed by atoms with Gasteiger partial charge in [0.15, 0.2) is 0 Å². The van der Waals surface area contributed by atoms with E-state index < -0.39 is 0 Å². The Morgan fingerprint density at radius 1 is 1.05 bits per heavy atom. The maximum absolute atomic E-state index is 11.9. The predicted octanol–water partition coefficient (Wildman–Crippen LogP) is 4.28. The molecule has 0 heterocycles. The van der Waals surface area contributed by atoms with Crippen LogP contribution in [0.4, 0.5) is 5.69 Å². The number of nitrogens with one attached hydrogen (secondary N) is 2. The van der Waals surface area contributed by atoms with Gasteiger partial charge in [0.05, 0.1) is 27.4 Å². The number of nitriles is 1. The van der Waals surface area contributed by atoms with E-state index in [0.717, 1.165) is 0 Å². The minimum Gasteiger partial charge on any atom is -0.295 e. The molecule has 4 nitrogen and oxygen atoms in total. The number of nitrogens with zero attached hydrogens (tertiary/aromatic N) is 1. The summed E-state index contributed by atoms with van der Waals surface area (Å²) in [5.41, 5.74) is 6.34. The van der Waals surface area contributed by atoms with Gasteiger partial charge in [-0.05, 0) is 36.4 Å². The molecule has 0 aliphatic rings. The van der Waals surface area contributed by atoms with E-state index in [2.05, 4.69) is 10.9 Å². The summed E-state index contributed by atoms with van der Waals surface area (Å²) in [5, 5.41) is 9.67. The Balaban J connectivity index is 2.09. The van der Waals surface area contributed by atoms with Crippen LogP contribution in [0.3, 0.4) is 0 Å². The number of carbonyl (C=O) groups is 1. The molecule has 21 heavy (non-hydrogen) atoms. The van der Waals surface area contributed by atoms with E-state index in [1.54, 1.807) is 24.3 Å². The first kappa shape index (κ1) is 15.5. The van der Waals surface area contributed by atoms with Crippen LogP contribution in [0.5, 0.6) is 0 Å². The number of benzene rings is 2. The van der Waals surface area contributed by atoms with Gasteiger partial charge < -0.3 is 0 Å². The van der Waals surface area contributed by atoms with Crippen molar-refractivity contribution in [3.8, 4) is 6.07 Å². The van der Waals surface area contributed by atoms with E-state index in [1.165, 1.54) is 12.1 Å². The second kappa shape index (κ2) is 6.68.